The Hall–Kier alpha value is -0.765. The van der Waals surface area contributed by atoms with Crippen LogP contribution in [0.1, 0.15) is 5.56 Å². The molecule has 0 aliphatic carbocycles. The molecule has 1 heterocycles. The largest absolute Gasteiger partial charge is 0.492 e. The molecule has 0 radical (unpaired) electrons. The van der Waals surface area contributed by atoms with Crippen LogP contribution in [0.5, 0.6) is 5.88 Å². The standard InChI is InChI=1S/C9H18B5NO2/c10-8(11,12)9(13,14)17-7-2-1-6(3-4-16)5-15-7/h1-2,5,16H,3-4,10-14H2. The van der Waals surface area contributed by atoms with Crippen LogP contribution in [0, 0.1) is 0 Å². The van der Waals surface area contributed by atoms with Crippen molar-refractivity contribution in [3.05, 3.63) is 23.9 Å². The average molecular weight is 226 g/mol. The summed E-state index contributed by atoms with van der Waals surface area (Å²) in [5, 5.41) is 8.58. The molecule has 1 aromatic rings. The first-order valence-electron chi connectivity index (χ1n) is 6.01. The maximum atomic E-state index is 8.82. The summed E-state index contributed by atoms with van der Waals surface area (Å²) in [6.45, 7) is 0.148. The van der Waals surface area contributed by atoms with E-state index in [0.29, 0.717) is 12.3 Å². The maximum absolute atomic E-state index is 8.82. The first kappa shape index (κ1) is 14.3. The van der Waals surface area contributed by atoms with Crippen molar-refractivity contribution in [1.29, 1.82) is 0 Å². The minimum atomic E-state index is -0.279. The van der Waals surface area contributed by atoms with Gasteiger partial charge < -0.3 is 9.84 Å². The van der Waals surface area contributed by atoms with E-state index >= 15 is 0 Å². The number of aliphatic hydroxyl groups excluding tert-OH is 1. The fourth-order valence-corrected chi connectivity index (χ4v) is 1.16. The van der Waals surface area contributed by atoms with Gasteiger partial charge in [0.2, 0.25) is 5.88 Å². The predicted octanol–water partition coefficient (Wildman–Crippen LogP) is -4.11. The molecular weight excluding hydrogens is 208 g/mol. The summed E-state index contributed by atoms with van der Waals surface area (Å²) in [6.07, 6.45) is 2.39. The third-order valence-corrected chi connectivity index (χ3v) is 3.36. The second kappa shape index (κ2) is 5.26. The van der Waals surface area contributed by atoms with Gasteiger partial charge in [-0.15, -0.1) is 0 Å². The van der Waals surface area contributed by atoms with Gasteiger partial charge in [-0.25, -0.2) is 4.98 Å². The molecular formula is C9H18B5NO2. The highest BCUT2D eigenvalue weighted by molar-refractivity contribution is 6.66. The fourth-order valence-electron chi connectivity index (χ4n) is 1.16. The first-order valence-corrected chi connectivity index (χ1v) is 6.01. The molecule has 0 spiro atoms. The Morgan fingerprint density at radius 3 is 2.24 bits per heavy atom. The zero-order valence-electron chi connectivity index (χ0n) is 11.4. The minimum absolute atomic E-state index is 0.0401. The Morgan fingerprint density at radius 1 is 1.18 bits per heavy atom. The smallest absolute Gasteiger partial charge is 0.212 e. The molecule has 0 bridgehead atoms. The number of aliphatic hydroxyl groups is 1. The van der Waals surface area contributed by atoms with E-state index in [2.05, 4.69) is 44.2 Å². The lowest BCUT2D eigenvalue weighted by Crippen LogP contribution is -2.51. The molecule has 1 aromatic heterocycles. The summed E-state index contributed by atoms with van der Waals surface area (Å²) < 4.78 is 5.93. The van der Waals surface area contributed by atoms with Crippen LogP contribution in [0.3, 0.4) is 0 Å². The molecule has 0 aliphatic rings. The van der Waals surface area contributed by atoms with Gasteiger partial charge >= 0.3 is 0 Å². The second-order valence-corrected chi connectivity index (χ2v) is 5.84. The van der Waals surface area contributed by atoms with Gasteiger partial charge in [0, 0.05) is 24.3 Å². The van der Waals surface area contributed by atoms with E-state index in [9.17, 15) is 0 Å². The van der Waals surface area contributed by atoms with Crippen LogP contribution >= 0.6 is 0 Å². The monoisotopic (exact) mass is 227 g/mol. The van der Waals surface area contributed by atoms with Crippen LogP contribution in [0.15, 0.2) is 18.3 Å². The Morgan fingerprint density at radius 2 is 1.82 bits per heavy atom. The van der Waals surface area contributed by atoms with Crippen molar-refractivity contribution in [3.63, 3.8) is 0 Å². The summed E-state index contributed by atoms with van der Waals surface area (Å²) in [5.41, 5.74) is 1.02. The van der Waals surface area contributed by atoms with Gasteiger partial charge in [-0.3, -0.25) is 0 Å². The molecule has 0 atom stereocenters. The zero-order chi connectivity index (χ0) is 13.1. The van der Waals surface area contributed by atoms with E-state index in [0.717, 1.165) is 5.56 Å². The third kappa shape index (κ3) is 3.88. The van der Waals surface area contributed by atoms with E-state index in [1.54, 1.807) is 6.20 Å². The van der Waals surface area contributed by atoms with Crippen molar-refractivity contribution in [2.45, 2.75) is 16.9 Å². The number of nitrogens with zero attached hydrogens (tertiary/aromatic N) is 1. The van der Waals surface area contributed by atoms with Gasteiger partial charge in [0.15, 0.2) is 0 Å². The molecule has 17 heavy (non-hydrogen) atoms. The Balaban J connectivity index is 2.76. The molecule has 3 nitrogen and oxygen atoms in total. The molecule has 0 unspecified atom stereocenters. The van der Waals surface area contributed by atoms with Gasteiger partial charge in [-0.05, 0) is 12.0 Å². The van der Waals surface area contributed by atoms with Gasteiger partial charge in [0.05, 0.1) is 23.5 Å². The zero-order valence-corrected chi connectivity index (χ0v) is 11.4. The molecule has 0 saturated carbocycles. The topological polar surface area (TPSA) is 42.4 Å². The molecule has 0 aliphatic heterocycles. The van der Waals surface area contributed by atoms with E-state index < -0.39 is 0 Å². The average Bonchev–Trinajstić information content (AvgIpc) is 2.19. The van der Waals surface area contributed by atoms with Crippen LogP contribution < -0.4 is 4.74 Å². The number of aromatic nitrogens is 1. The van der Waals surface area contributed by atoms with Gasteiger partial charge in [-0.1, -0.05) is 11.2 Å². The number of hydrogen-bond acceptors (Lipinski definition) is 3. The van der Waals surface area contributed by atoms with E-state index in [1.165, 1.54) is 0 Å². The summed E-state index contributed by atoms with van der Waals surface area (Å²) in [7, 11) is 10.6. The first-order chi connectivity index (χ1) is 7.76. The number of ether oxygens (including phenoxy) is 1. The number of hydrogen-bond donors (Lipinski definition) is 1. The molecule has 0 fully saturated rings. The molecule has 0 saturated heterocycles. The Kier molecular flexibility index (Phi) is 4.42. The molecule has 0 aromatic carbocycles. The van der Waals surface area contributed by atoms with Gasteiger partial charge in [0.25, 0.3) is 0 Å². The lowest BCUT2D eigenvalue weighted by Gasteiger charge is -2.39. The van der Waals surface area contributed by atoms with Crippen LogP contribution in [-0.4, -0.2) is 61.3 Å². The SMILES string of the molecule is BC(B)(B)C(B)(B)Oc1ccc(CCO)cn1. The van der Waals surface area contributed by atoms with Crippen LogP contribution in [-0.2, 0) is 6.42 Å². The van der Waals surface area contributed by atoms with Crippen molar-refractivity contribution < 1.29 is 9.84 Å². The minimum Gasteiger partial charge on any atom is -0.492 e. The highest BCUT2D eigenvalue weighted by atomic mass is 16.5. The fraction of sp³-hybridized carbons (Fsp3) is 0.444. The summed E-state index contributed by atoms with van der Waals surface area (Å²) in [4.78, 5) is 4.26. The summed E-state index contributed by atoms with van der Waals surface area (Å²) >= 11 is 0. The highest BCUT2D eigenvalue weighted by Crippen LogP contribution is 2.27. The lowest BCUT2D eigenvalue weighted by atomic mass is 9.28. The van der Waals surface area contributed by atoms with Crippen molar-refractivity contribution in [3.8, 4) is 5.88 Å². The van der Waals surface area contributed by atoms with E-state index in [-0.39, 0.29) is 17.1 Å². The van der Waals surface area contributed by atoms with Gasteiger partial charge in [-0.2, -0.15) is 0 Å². The van der Waals surface area contributed by atoms with Gasteiger partial charge in [0.1, 0.15) is 15.7 Å². The van der Waals surface area contributed by atoms with E-state index in [4.69, 9.17) is 9.84 Å². The third-order valence-electron chi connectivity index (χ3n) is 3.36. The molecule has 0 amide bonds. The second-order valence-electron chi connectivity index (χ2n) is 5.84. The van der Waals surface area contributed by atoms with Crippen molar-refractivity contribution in [2.24, 2.45) is 0 Å². The maximum Gasteiger partial charge on any atom is 0.212 e. The molecule has 8 heteroatoms. The quantitative estimate of drug-likeness (QED) is 0.519. The van der Waals surface area contributed by atoms with Crippen LogP contribution in [0.4, 0.5) is 0 Å². The van der Waals surface area contributed by atoms with Crippen LogP contribution in [0.2, 0.25) is 5.11 Å². The Labute approximate surface area is 108 Å². The number of pyridine rings is 1. The normalized spacial score (nSPS) is 12.3. The van der Waals surface area contributed by atoms with Crippen molar-refractivity contribution in [1.82, 2.24) is 4.98 Å². The summed E-state index contributed by atoms with van der Waals surface area (Å²) in [6, 6.07) is 3.80. The highest BCUT2D eigenvalue weighted by Gasteiger charge is 2.34. The molecule has 86 valence electrons. The van der Waals surface area contributed by atoms with Crippen molar-refractivity contribution in [2.75, 3.05) is 6.61 Å². The summed E-state index contributed by atoms with van der Waals surface area (Å²) in [5.74, 6) is 0.631. The van der Waals surface area contributed by atoms with Crippen LogP contribution in [0.25, 0.3) is 0 Å². The molecule has 1 N–H and O–H groups in total. The predicted molar refractivity (Wildman–Crippen MR) is 83.8 cm³/mol. The van der Waals surface area contributed by atoms with E-state index in [1.807, 2.05) is 12.1 Å². The lowest BCUT2D eigenvalue weighted by molar-refractivity contribution is 0.231. The van der Waals surface area contributed by atoms with Crippen molar-refractivity contribution >= 4 is 39.2 Å². The Bertz CT molecular complexity index is 363. The number of rotatable bonds is 5. The molecule has 1 rings (SSSR count).